The molecule has 4 unspecified atom stereocenters. The summed E-state index contributed by atoms with van der Waals surface area (Å²) in [5.41, 5.74) is 0. The number of urea groups is 1. The Hall–Kier alpha value is -1.06. The topological polar surface area (TPSA) is 58.2 Å². The van der Waals surface area contributed by atoms with Crippen LogP contribution in [0.25, 0.3) is 0 Å². The lowest BCUT2D eigenvalue weighted by molar-refractivity contribution is -0.121. The zero-order valence-electron chi connectivity index (χ0n) is 7.95. The molecule has 1 aliphatic heterocycles. The van der Waals surface area contributed by atoms with Crippen LogP contribution in [0.1, 0.15) is 25.7 Å². The van der Waals surface area contributed by atoms with E-state index in [1.165, 1.54) is 19.3 Å². The molecule has 4 heteroatoms. The third kappa shape index (κ3) is 1.06. The highest BCUT2D eigenvalue weighted by Crippen LogP contribution is 2.49. The summed E-state index contributed by atoms with van der Waals surface area (Å²) < 4.78 is 0. The maximum absolute atomic E-state index is 11.5. The summed E-state index contributed by atoms with van der Waals surface area (Å²) in [7, 11) is 0. The smallest absolute Gasteiger partial charge is 0.322 e. The maximum Gasteiger partial charge on any atom is 0.322 e. The molecule has 2 saturated carbocycles. The van der Waals surface area contributed by atoms with Crippen LogP contribution in [0.2, 0.25) is 0 Å². The van der Waals surface area contributed by atoms with Gasteiger partial charge in [0.05, 0.1) is 0 Å². The molecule has 2 bridgehead atoms. The summed E-state index contributed by atoms with van der Waals surface area (Å²) in [6, 6.07) is -0.555. The number of rotatable bonds is 1. The Morgan fingerprint density at radius 2 is 2.00 bits per heavy atom. The van der Waals surface area contributed by atoms with Crippen molar-refractivity contribution in [1.82, 2.24) is 10.6 Å². The Morgan fingerprint density at radius 3 is 2.50 bits per heavy atom. The van der Waals surface area contributed by atoms with Gasteiger partial charge in [0.15, 0.2) is 0 Å². The predicted molar refractivity (Wildman–Crippen MR) is 49.4 cm³/mol. The fourth-order valence-corrected chi connectivity index (χ4v) is 3.44. The first-order valence-electron chi connectivity index (χ1n) is 5.35. The van der Waals surface area contributed by atoms with E-state index in [1.54, 1.807) is 0 Å². The molecule has 3 amide bonds. The molecule has 2 aliphatic carbocycles. The Bertz CT molecular complexity index is 302. The minimum atomic E-state index is -0.317. The first-order chi connectivity index (χ1) is 6.74. The van der Waals surface area contributed by atoms with Gasteiger partial charge in [0, 0.05) is 0 Å². The minimum Gasteiger partial charge on any atom is -0.326 e. The molecule has 0 spiro atoms. The Morgan fingerprint density at radius 1 is 1.14 bits per heavy atom. The second kappa shape index (κ2) is 2.72. The van der Waals surface area contributed by atoms with Crippen molar-refractivity contribution in [2.75, 3.05) is 0 Å². The van der Waals surface area contributed by atoms with Gasteiger partial charge >= 0.3 is 6.03 Å². The number of nitrogens with one attached hydrogen (secondary N) is 2. The van der Waals surface area contributed by atoms with Gasteiger partial charge in [-0.1, -0.05) is 6.42 Å². The summed E-state index contributed by atoms with van der Waals surface area (Å²) in [5.74, 6) is 1.78. The second-order valence-corrected chi connectivity index (χ2v) is 4.78. The third-order valence-corrected chi connectivity index (χ3v) is 4.03. The molecule has 3 fully saturated rings. The van der Waals surface area contributed by atoms with E-state index < -0.39 is 0 Å². The first kappa shape index (κ1) is 8.26. The van der Waals surface area contributed by atoms with Crippen LogP contribution in [0.5, 0.6) is 0 Å². The highest BCUT2D eigenvalue weighted by atomic mass is 16.2. The Kier molecular flexibility index (Phi) is 1.60. The average molecular weight is 194 g/mol. The van der Waals surface area contributed by atoms with Crippen molar-refractivity contribution in [2.45, 2.75) is 31.7 Å². The van der Waals surface area contributed by atoms with E-state index in [9.17, 15) is 9.59 Å². The monoisotopic (exact) mass is 194 g/mol. The SMILES string of the molecule is O=C1NC(=O)C(C2CC3CCC2C3)N1. The van der Waals surface area contributed by atoms with Gasteiger partial charge < -0.3 is 5.32 Å². The van der Waals surface area contributed by atoms with E-state index in [4.69, 9.17) is 0 Å². The molecule has 1 heterocycles. The molecule has 76 valence electrons. The largest absolute Gasteiger partial charge is 0.326 e. The molecule has 1 saturated heterocycles. The van der Waals surface area contributed by atoms with Crippen LogP contribution < -0.4 is 10.6 Å². The zero-order chi connectivity index (χ0) is 9.71. The summed E-state index contributed by atoms with van der Waals surface area (Å²) in [4.78, 5) is 22.4. The highest BCUT2D eigenvalue weighted by molar-refractivity contribution is 6.04. The lowest BCUT2D eigenvalue weighted by Gasteiger charge is -2.25. The van der Waals surface area contributed by atoms with Gasteiger partial charge in [-0.2, -0.15) is 0 Å². The minimum absolute atomic E-state index is 0.118. The van der Waals surface area contributed by atoms with E-state index in [2.05, 4.69) is 10.6 Å². The van der Waals surface area contributed by atoms with E-state index >= 15 is 0 Å². The van der Waals surface area contributed by atoms with Crippen LogP contribution in [0.15, 0.2) is 0 Å². The number of amides is 3. The van der Waals surface area contributed by atoms with E-state index in [0.29, 0.717) is 11.8 Å². The van der Waals surface area contributed by atoms with Crippen LogP contribution >= 0.6 is 0 Å². The molecular formula is C10H14N2O2. The van der Waals surface area contributed by atoms with Gasteiger partial charge in [0.2, 0.25) is 0 Å². The van der Waals surface area contributed by atoms with Crippen molar-refractivity contribution in [3.63, 3.8) is 0 Å². The van der Waals surface area contributed by atoms with Gasteiger partial charge in [-0.15, -0.1) is 0 Å². The third-order valence-electron chi connectivity index (χ3n) is 4.03. The summed E-state index contributed by atoms with van der Waals surface area (Å²) >= 11 is 0. The maximum atomic E-state index is 11.5. The van der Waals surface area contributed by atoms with Crippen LogP contribution in [0.4, 0.5) is 4.79 Å². The van der Waals surface area contributed by atoms with Gasteiger partial charge in [-0.25, -0.2) is 4.79 Å². The highest BCUT2D eigenvalue weighted by Gasteiger charge is 2.47. The molecule has 3 rings (SSSR count). The number of fused-ring (bicyclic) bond motifs is 2. The molecule has 14 heavy (non-hydrogen) atoms. The predicted octanol–water partition coefficient (Wildman–Crippen LogP) is 0.631. The summed E-state index contributed by atoms with van der Waals surface area (Å²) in [5, 5.41) is 5.05. The molecule has 0 radical (unpaired) electrons. The first-order valence-corrected chi connectivity index (χ1v) is 5.35. The van der Waals surface area contributed by atoms with Crippen LogP contribution in [0, 0.1) is 17.8 Å². The molecule has 0 aromatic heterocycles. The summed E-state index contributed by atoms with van der Waals surface area (Å²) in [6.45, 7) is 0. The number of carbonyl (C=O) groups excluding carboxylic acids is 2. The van der Waals surface area contributed by atoms with Gasteiger partial charge in [0.25, 0.3) is 5.91 Å². The number of hydrogen-bond donors (Lipinski definition) is 2. The fraction of sp³-hybridized carbons (Fsp3) is 0.800. The van der Waals surface area contributed by atoms with Crippen LogP contribution in [0.3, 0.4) is 0 Å². The van der Waals surface area contributed by atoms with Crippen molar-refractivity contribution in [3.05, 3.63) is 0 Å². The molecule has 0 aromatic rings. The lowest BCUT2D eigenvalue weighted by Crippen LogP contribution is -2.39. The van der Waals surface area contributed by atoms with E-state index in [1.807, 2.05) is 0 Å². The molecule has 2 N–H and O–H groups in total. The molecule has 3 aliphatic rings. The Labute approximate surface area is 82.4 Å². The Balaban J connectivity index is 1.77. The van der Waals surface area contributed by atoms with Crippen molar-refractivity contribution in [3.8, 4) is 0 Å². The molecule has 4 atom stereocenters. The van der Waals surface area contributed by atoms with Crippen molar-refractivity contribution in [2.24, 2.45) is 17.8 Å². The van der Waals surface area contributed by atoms with Crippen molar-refractivity contribution < 1.29 is 9.59 Å². The quantitative estimate of drug-likeness (QED) is 0.601. The van der Waals surface area contributed by atoms with E-state index in [-0.39, 0.29) is 18.0 Å². The molecular weight excluding hydrogens is 180 g/mol. The van der Waals surface area contributed by atoms with Crippen molar-refractivity contribution in [1.29, 1.82) is 0 Å². The fourth-order valence-electron chi connectivity index (χ4n) is 3.44. The van der Waals surface area contributed by atoms with Crippen molar-refractivity contribution >= 4 is 11.9 Å². The molecule has 4 nitrogen and oxygen atoms in total. The molecule has 0 aromatic carbocycles. The van der Waals surface area contributed by atoms with Gasteiger partial charge in [-0.05, 0) is 37.0 Å². The number of hydrogen-bond acceptors (Lipinski definition) is 2. The van der Waals surface area contributed by atoms with Gasteiger partial charge in [0.1, 0.15) is 6.04 Å². The summed E-state index contributed by atoms with van der Waals surface area (Å²) in [6.07, 6.45) is 4.96. The van der Waals surface area contributed by atoms with Crippen LogP contribution in [-0.4, -0.2) is 18.0 Å². The average Bonchev–Trinajstić information content (AvgIpc) is 2.79. The second-order valence-electron chi connectivity index (χ2n) is 4.78. The van der Waals surface area contributed by atoms with E-state index in [0.717, 1.165) is 12.3 Å². The van der Waals surface area contributed by atoms with Crippen LogP contribution in [-0.2, 0) is 4.79 Å². The normalized spacial score (nSPS) is 45.4. The zero-order valence-corrected chi connectivity index (χ0v) is 7.95. The number of carbonyl (C=O) groups is 2. The van der Waals surface area contributed by atoms with Gasteiger partial charge in [-0.3, -0.25) is 10.1 Å². The number of imide groups is 1. The lowest BCUT2D eigenvalue weighted by atomic mass is 9.83. The standard InChI is InChI=1S/C10H14N2O2/c13-9-8(11-10(14)12-9)7-4-5-1-2-6(7)3-5/h5-8H,1-4H2,(H2,11,12,13,14).